The summed E-state index contributed by atoms with van der Waals surface area (Å²) in [5.41, 5.74) is 1.34. The molecule has 28 heavy (non-hydrogen) atoms. The van der Waals surface area contributed by atoms with E-state index in [2.05, 4.69) is 0 Å². The summed E-state index contributed by atoms with van der Waals surface area (Å²) in [7, 11) is -3.40. The topological polar surface area (TPSA) is 80.8 Å². The van der Waals surface area contributed by atoms with E-state index in [-0.39, 0.29) is 23.5 Å². The maximum absolute atomic E-state index is 13.1. The zero-order valence-corrected chi connectivity index (χ0v) is 17.1. The fourth-order valence-corrected chi connectivity index (χ4v) is 6.77. The summed E-state index contributed by atoms with van der Waals surface area (Å²) in [6, 6.07) is 8.62. The zero-order valence-electron chi connectivity index (χ0n) is 15.5. The summed E-state index contributed by atoms with van der Waals surface area (Å²) in [4.78, 5) is 28.5. The van der Waals surface area contributed by atoms with Crippen molar-refractivity contribution >= 4 is 33.1 Å². The lowest BCUT2D eigenvalue weighted by molar-refractivity contribution is -0.149. The maximum Gasteiger partial charge on any atom is 0.310 e. The molecular weight excluding hydrogens is 398 g/mol. The van der Waals surface area contributed by atoms with Crippen molar-refractivity contribution < 1.29 is 22.7 Å². The second kappa shape index (κ2) is 7.33. The molecule has 1 amide bonds. The number of nitrogens with zero attached hydrogens (tertiary/aromatic N) is 1. The molecule has 0 spiro atoms. The van der Waals surface area contributed by atoms with E-state index in [1.807, 2.05) is 0 Å². The van der Waals surface area contributed by atoms with Crippen molar-refractivity contribution in [1.29, 1.82) is 0 Å². The number of amides is 1. The minimum atomic E-state index is -3.40. The minimum absolute atomic E-state index is 0.0887. The maximum atomic E-state index is 13.1. The predicted molar refractivity (Wildman–Crippen MR) is 106 cm³/mol. The lowest BCUT2D eigenvalue weighted by Gasteiger charge is -2.31. The molecule has 0 saturated carbocycles. The van der Waals surface area contributed by atoms with Crippen LogP contribution in [0.5, 0.6) is 0 Å². The van der Waals surface area contributed by atoms with Gasteiger partial charge in [-0.3, -0.25) is 9.59 Å². The Morgan fingerprint density at radius 3 is 2.86 bits per heavy atom. The molecule has 0 radical (unpaired) electrons. The molecule has 1 aromatic carbocycles. The molecule has 8 heteroatoms. The van der Waals surface area contributed by atoms with E-state index in [4.69, 9.17) is 4.74 Å². The number of likely N-dealkylation sites (tertiary alicyclic amines) is 1. The lowest BCUT2D eigenvalue weighted by Crippen LogP contribution is -2.42. The third-order valence-corrected chi connectivity index (χ3v) is 8.08. The van der Waals surface area contributed by atoms with Crippen LogP contribution >= 0.6 is 11.3 Å². The van der Waals surface area contributed by atoms with Crippen molar-refractivity contribution in [2.24, 2.45) is 5.92 Å². The number of benzene rings is 1. The van der Waals surface area contributed by atoms with Crippen LogP contribution in [0.2, 0.25) is 0 Å². The van der Waals surface area contributed by atoms with Gasteiger partial charge in [0.25, 0.3) is 5.91 Å². The van der Waals surface area contributed by atoms with Crippen LogP contribution in [-0.2, 0) is 25.1 Å². The zero-order chi connectivity index (χ0) is 19.9. The second-order valence-corrected chi connectivity index (χ2v) is 10.1. The van der Waals surface area contributed by atoms with Gasteiger partial charge in [0.05, 0.1) is 28.1 Å². The fourth-order valence-electron chi connectivity index (χ4n) is 3.85. The lowest BCUT2D eigenvalue weighted by atomic mass is 9.98. The molecule has 0 aliphatic carbocycles. The molecule has 0 bridgehead atoms. The van der Waals surface area contributed by atoms with Gasteiger partial charge in [0.15, 0.2) is 9.84 Å². The Morgan fingerprint density at radius 1 is 1.29 bits per heavy atom. The summed E-state index contributed by atoms with van der Waals surface area (Å²) >= 11 is 1.33. The van der Waals surface area contributed by atoms with Crippen LogP contribution in [0.1, 0.15) is 35.0 Å². The molecule has 4 rings (SSSR count). The highest BCUT2D eigenvalue weighted by atomic mass is 32.2. The Bertz CT molecular complexity index is 1040. The first kappa shape index (κ1) is 19.1. The minimum Gasteiger partial charge on any atom is -0.466 e. The summed E-state index contributed by atoms with van der Waals surface area (Å²) in [6.07, 6.45) is 1.46. The average molecular weight is 420 g/mol. The average Bonchev–Trinajstić information content (AvgIpc) is 3.11. The van der Waals surface area contributed by atoms with Crippen molar-refractivity contribution in [2.75, 3.05) is 19.7 Å². The third-order valence-electron chi connectivity index (χ3n) is 5.16. The van der Waals surface area contributed by atoms with E-state index >= 15 is 0 Å². The van der Waals surface area contributed by atoms with Gasteiger partial charge in [-0.25, -0.2) is 8.42 Å². The number of sulfone groups is 1. The van der Waals surface area contributed by atoms with E-state index in [0.717, 1.165) is 17.7 Å². The Labute approximate surface area is 168 Å². The highest BCUT2D eigenvalue weighted by Gasteiger charge is 2.33. The number of piperidine rings is 1. The van der Waals surface area contributed by atoms with E-state index in [1.165, 1.54) is 11.3 Å². The van der Waals surface area contributed by atoms with Gasteiger partial charge in [0.2, 0.25) is 0 Å². The largest absolute Gasteiger partial charge is 0.466 e. The first-order chi connectivity index (χ1) is 13.4. The number of ether oxygens (including phenoxy) is 1. The van der Waals surface area contributed by atoms with Gasteiger partial charge < -0.3 is 9.64 Å². The normalized spacial score (nSPS) is 20.2. The van der Waals surface area contributed by atoms with Gasteiger partial charge in [-0.2, -0.15) is 0 Å². The van der Waals surface area contributed by atoms with Gasteiger partial charge in [-0.05, 0) is 37.5 Å². The van der Waals surface area contributed by atoms with Crippen LogP contribution in [0.15, 0.2) is 35.2 Å². The number of esters is 1. The number of fused-ring (bicyclic) bond motifs is 3. The summed E-state index contributed by atoms with van der Waals surface area (Å²) in [5, 5.41) is 0. The van der Waals surface area contributed by atoms with Crippen molar-refractivity contribution in [3.8, 4) is 10.4 Å². The molecule has 1 saturated heterocycles. The Balaban J connectivity index is 1.62. The molecule has 3 heterocycles. The van der Waals surface area contributed by atoms with Crippen molar-refractivity contribution in [1.82, 2.24) is 4.90 Å². The number of hydrogen-bond donors (Lipinski definition) is 0. The molecule has 1 atom stereocenters. The van der Waals surface area contributed by atoms with Crippen molar-refractivity contribution in [3.63, 3.8) is 0 Å². The fraction of sp³-hybridized carbons (Fsp3) is 0.400. The highest BCUT2D eigenvalue weighted by Crippen LogP contribution is 2.43. The van der Waals surface area contributed by atoms with Crippen LogP contribution in [0.25, 0.3) is 10.4 Å². The smallest absolute Gasteiger partial charge is 0.310 e. The first-order valence-electron chi connectivity index (χ1n) is 9.31. The standard InChI is InChI=1S/C20H21NO5S2/c1-2-26-20(23)13-6-5-9-21(11-13)19(22)16-10-14-12-28(24,25)17-8-4-3-7-15(17)18(14)27-16/h3-4,7-8,10,13H,2,5-6,9,11-12H2,1H3. The third kappa shape index (κ3) is 3.35. The van der Waals surface area contributed by atoms with E-state index in [0.29, 0.717) is 40.6 Å². The molecule has 2 aliphatic rings. The van der Waals surface area contributed by atoms with Crippen LogP contribution in [0.3, 0.4) is 0 Å². The molecule has 1 unspecified atom stereocenters. The van der Waals surface area contributed by atoms with Crippen LogP contribution in [0, 0.1) is 5.92 Å². The number of thiophene rings is 1. The molecule has 1 fully saturated rings. The molecular formula is C20H21NO5S2. The van der Waals surface area contributed by atoms with E-state index in [1.54, 1.807) is 42.2 Å². The summed E-state index contributed by atoms with van der Waals surface area (Å²) in [6.45, 7) is 3.03. The number of rotatable bonds is 3. The van der Waals surface area contributed by atoms with Gasteiger partial charge in [-0.1, -0.05) is 18.2 Å². The van der Waals surface area contributed by atoms with Crippen LogP contribution in [-0.4, -0.2) is 44.9 Å². The molecule has 148 valence electrons. The number of hydrogen-bond acceptors (Lipinski definition) is 6. The van der Waals surface area contributed by atoms with E-state index < -0.39 is 9.84 Å². The van der Waals surface area contributed by atoms with E-state index in [9.17, 15) is 18.0 Å². The molecule has 6 nitrogen and oxygen atoms in total. The Hall–Kier alpha value is -2.19. The summed E-state index contributed by atoms with van der Waals surface area (Å²) in [5.74, 6) is -0.795. The Kier molecular flexibility index (Phi) is 5.01. The SMILES string of the molecule is CCOC(=O)C1CCCN(C(=O)c2cc3c(s2)-c2ccccc2S(=O)(=O)C3)C1. The van der Waals surface area contributed by atoms with Crippen LogP contribution in [0.4, 0.5) is 0 Å². The molecule has 0 N–H and O–H groups in total. The molecule has 2 aliphatic heterocycles. The van der Waals surface area contributed by atoms with Gasteiger partial charge in [-0.15, -0.1) is 11.3 Å². The number of carbonyl (C=O) groups is 2. The first-order valence-corrected chi connectivity index (χ1v) is 11.8. The quantitative estimate of drug-likeness (QED) is 0.714. The highest BCUT2D eigenvalue weighted by molar-refractivity contribution is 7.91. The van der Waals surface area contributed by atoms with Crippen LogP contribution < -0.4 is 0 Å². The van der Waals surface area contributed by atoms with Crippen molar-refractivity contribution in [3.05, 3.63) is 40.8 Å². The molecule has 1 aromatic heterocycles. The van der Waals surface area contributed by atoms with Gasteiger partial charge in [0.1, 0.15) is 0 Å². The molecule has 2 aromatic rings. The van der Waals surface area contributed by atoms with Crippen molar-refractivity contribution in [2.45, 2.75) is 30.4 Å². The second-order valence-electron chi connectivity index (χ2n) is 7.06. The predicted octanol–water partition coefficient (Wildman–Crippen LogP) is 3.12. The Morgan fingerprint density at radius 2 is 2.07 bits per heavy atom. The summed E-state index contributed by atoms with van der Waals surface area (Å²) < 4.78 is 30.2. The van der Waals surface area contributed by atoms with Gasteiger partial charge >= 0.3 is 5.97 Å². The van der Waals surface area contributed by atoms with Gasteiger partial charge in [0, 0.05) is 23.5 Å². The monoisotopic (exact) mass is 419 g/mol. The number of carbonyl (C=O) groups excluding carboxylic acids is 2.